The average Bonchev–Trinajstić information content (AvgIpc) is 2.63. The van der Waals surface area contributed by atoms with Crippen LogP contribution in [0, 0.1) is 0 Å². The van der Waals surface area contributed by atoms with Gasteiger partial charge in [0.1, 0.15) is 5.58 Å². The Balaban J connectivity index is 1.96. The van der Waals surface area contributed by atoms with Gasteiger partial charge in [-0.05, 0) is 55.8 Å². The summed E-state index contributed by atoms with van der Waals surface area (Å²) in [5, 5.41) is 19.7. The van der Waals surface area contributed by atoms with E-state index in [0.717, 1.165) is 24.2 Å². The predicted molar refractivity (Wildman–Crippen MR) is 105 cm³/mol. The molecule has 1 aromatic heterocycles. The molecule has 0 aliphatic rings. The van der Waals surface area contributed by atoms with Gasteiger partial charge in [0, 0.05) is 30.2 Å². The fraction of sp³-hybridized carbons (Fsp3) is 0.190. The lowest BCUT2D eigenvalue weighted by atomic mass is 10.1. The number of hydrogen-bond acceptors (Lipinski definition) is 5. The maximum Gasteiger partial charge on any atom is 0.343 e. The average molecular weight is 351 g/mol. The molecule has 0 atom stereocenters. The van der Waals surface area contributed by atoms with E-state index >= 15 is 0 Å². The van der Waals surface area contributed by atoms with Crippen molar-refractivity contribution in [3.63, 3.8) is 0 Å². The molecule has 2 N–H and O–H groups in total. The minimum absolute atomic E-state index is 0.184. The molecule has 0 saturated carbocycles. The summed E-state index contributed by atoms with van der Waals surface area (Å²) in [6, 6.07) is 12.1. The number of fused-ring (bicyclic) bond motifs is 1. The third kappa shape index (κ3) is 3.57. The number of nitrogens with zero attached hydrogens (tertiary/aromatic N) is 1. The van der Waals surface area contributed by atoms with Crippen LogP contribution in [0.2, 0.25) is 0 Å². The molecule has 0 amide bonds. The number of aromatic hydroxyl groups is 2. The number of phenolic OH excluding ortho intramolecular Hbond substituents is 2. The Morgan fingerprint density at radius 2 is 1.73 bits per heavy atom. The van der Waals surface area contributed by atoms with Crippen LogP contribution in [-0.2, 0) is 0 Å². The van der Waals surface area contributed by atoms with Gasteiger partial charge in [-0.2, -0.15) is 0 Å². The molecule has 3 aromatic rings. The number of anilines is 1. The summed E-state index contributed by atoms with van der Waals surface area (Å²) < 4.78 is 5.48. The Bertz CT molecular complexity index is 1020. The lowest BCUT2D eigenvalue weighted by molar-refractivity contribution is 0.403. The van der Waals surface area contributed by atoms with E-state index in [1.54, 1.807) is 24.3 Å². The van der Waals surface area contributed by atoms with Gasteiger partial charge in [-0.1, -0.05) is 12.1 Å². The van der Waals surface area contributed by atoms with E-state index in [1.165, 1.54) is 12.1 Å². The van der Waals surface area contributed by atoms with E-state index in [9.17, 15) is 15.0 Å². The molecule has 0 spiro atoms. The van der Waals surface area contributed by atoms with Crippen molar-refractivity contribution in [2.75, 3.05) is 18.0 Å². The van der Waals surface area contributed by atoms with Crippen LogP contribution in [0.25, 0.3) is 23.1 Å². The predicted octanol–water partition coefficient (Wildman–Crippen LogP) is 4.22. The van der Waals surface area contributed by atoms with Crippen molar-refractivity contribution in [3.8, 4) is 11.5 Å². The van der Waals surface area contributed by atoms with E-state index in [4.69, 9.17) is 4.42 Å². The molecule has 5 nitrogen and oxygen atoms in total. The minimum atomic E-state index is -0.423. The first-order chi connectivity index (χ1) is 12.5. The van der Waals surface area contributed by atoms with Crippen LogP contribution in [0.3, 0.4) is 0 Å². The van der Waals surface area contributed by atoms with Crippen LogP contribution in [0.15, 0.2) is 51.7 Å². The van der Waals surface area contributed by atoms with Crippen LogP contribution >= 0.6 is 0 Å². The van der Waals surface area contributed by atoms with Gasteiger partial charge in [0.05, 0.1) is 5.56 Å². The van der Waals surface area contributed by atoms with Gasteiger partial charge in [-0.25, -0.2) is 4.79 Å². The molecule has 5 heteroatoms. The first-order valence-corrected chi connectivity index (χ1v) is 8.54. The van der Waals surface area contributed by atoms with E-state index in [-0.39, 0.29) is 11.5 Å². The molecule has 26 heavy (non-hydrogen) atoms. The van der Waals surface area contributed by atoms with Crippen molar-refractivity contribution >= 4 is 28.8 Å². The number of rotatable bonds is 5. The third-order valence-corrected chi connectivity index (χ3v) is 4.33. The molecule has 3 rings (SSSR count). The lowest BCUT2D eigenvalue weighted by Crippen LogP contribution is -2.21. The summed E-state index contributed by atoms with van der Waals surface area (Å²) in [4.78, 5) is 14.5. The van der Waals surface area contributed by atoms with Gasteiger partial charge in [-0.3, -0.25) is 0 Å². The van der Waals surface area contributed by atoms with Crippen molar-refractivity contribution in [3.05, 3.63) is 64.0 Å². The van der Waals surface area contributed by atoms with E-state index in [1.807, 2.05) is 18.2 Å². The molecule has 0 aliphatic carbocycles. The van der Waals surface area contributed by atoms with Crippen molar-refractivity contribution in [1.29, 1.82) is 0 Å². The zero-order valence-corrected chi connectivity index (χ0v) is 14.8. The SMILES string of the molecule is CCN(CC)c1ccc2cc(/C=C/c3ccc(O)c(O)c3)c(=O)oc2c1. The Kier molecular flexibility index (Phi) is 4.98. The zero-order chi connectivity index (χ0) is 18.7. The maximum atomic E-state index is 12.3. The fourth-order valence-electron chi connectivity index (χ4n) is 2.85. The zero-order valence-electron chi connectivity index (χ0n) is 14.8. The smallest absolute Gasteiger partial charge is 0.343 e. The maximum absolute atomic E-state index is 12.3. The van der Waals surface area contributed by atoms with Gasteiger partial charge < -0.3 is 19.5 Å². The Morgan fingerprint density at radius 1 is 0.962 bits per heavy atom. The quantitative estimate of drug-likeness (QED) is 0.532. The second-order valence-electron chi connectivity index (χ2n) is 5.97. The highest BCUT2D eigenvalue weighted by molar-refractivity contribution is 5.83. The third-order valence-electron chi connectivity index (χ3n) is 4.33. The molecule has 1 heterocycles. The van der Waals surface area contributed by atoms with Gasteiger partial charge in [0.2, 0.25) is 0 Å². The van der Waals surface area contributed by atoms with Crippen LogP contribution < -0.4 is 10.5 Å². The fourth-order valence-corrected chi connectivity index (χ4v) is 2.85. The van der Waals surface area contributed by atoms with Crippen LogP contribution in [-0.4, -0.2) is 23.3 Å². The molecule has 0 aliphatic heterocycles. The molecule has 2 aromatic carbocycles. The first kappa shape index (κ1) is 17.6. The van der Waals surface area contributed by atoms with Crippen molar-refractivity contribution in [2.45, 2.75) is 13.8 Å². The highest BCUT2D eigenvalue weighted by atomic mass is 16.4. The van der Waals surface area contributed by atoms with Crippen molar-refractivity contribution in [1.82, 2.24) is 0 Å². The highest BCUT2D eigenvalue weighted by Crippen LogP contribution is 2.26. The van der Waals surface area contributed by atoms with Gasteiger partial charge in [-0.15, -0.1) is 0 Å². The molecular formula is C21H21NO4. The number of hydrogen-bond donors (Lipinski definition) is 2. The summed E-state index contributed by atoms with van der Waals surface area (Å²) >= 11 is 0. The van der Waals surface area contributed by atoms with Crippen LogP contribution in [0.4, 0.5) is 5.69 Å². The molecule has 0 unspecified atom stereocenters. The standard InChI is InChI=1S/C21H21NO4/c1-3-22(4-2)17-9-8-15-12-16(21(25)26-20(15)13-17)7-5-14-6-10-18(23)19(24)11-14/h5-13,23-24H,3-4H2,1-2H3/b7-5+. The Morgan fingerprint density at radius 3 is 2.42 bits per heavy atom. The van der Waals surface area contributed by atoms with Gasteiger partial charge in [0.25, 0.3) is 0 Å². The van der Waals surface area contributed by atoms with Gasteiger partial charge >= 0.3 is 5.63 Å². The normalized spacial score (nSPS) is 11.3. The topological polar surface area (TPSA) is 73.9 Å². The second-order valence-corrected chi connectivity index (χ2v) is 5.97. The molecule has 134 valence electrons. The summed E-state index contributed by atoms with van der Waals surface area (Å²) in [6.45, 7) is 5.93. The number of benzene rings is 2. The van der Waals surface area contributed by atoms with Gasteiger partial charge in [0.15, 0.2) is 11.5 Å². The molecule has 0 fully saturated rings. The second kappa shape index (κ2) is 7.35. The largest absolute Gasteiger partial charge is 0.504 e. The van der Waals surface area contributed by atoms with E-state index in [2.05, 4.69) is 18.7 Å². The molecule has 0 bridgehead atoms. The van der Waals surface area contributed by atoms with Crippen molar-refractivity contribution in [2.24, 2.45) is 0 Å². The Labute approximate surface area is 151 Å². The number of phenols is 2. The monoisotopic (exact) mass is 351 g/mol. The first-order valence-electron chi connectivity index (χ1n) is 8.54. The summed E-state index contributed by atoms with van der Waals surface area (Å²) in [7, 11) is 0. The van der Waals surface area contributed by atoms with Crippen LogP contribution in [0.1, 0.15) is 25.0 Å². The Hall–Kier alpha value is -3.21. The minimum Gasteiger partial charge on any atom is -0.504 e. The van der Waals surface area contributed by atoms with Crippen LogP contribution in [0.5, 0.6) is 11.5 Å². The summed E-state index contributed by atoms with van der Waals surface area (Å²) in [5.41, 5.74) is 2.23. The summed E-state index contributed by atoms with van der Waals surface area (Å²) in [6.07, 6.45) is 3.32. The molecule has 0 radical (unpaired) electrons. The summed E-state index contributed by atoms with van der Waals surface area (Å²) in [5.74, 6) is -0.391. The van der Waals surface area contributed by atoms with E-state index in [0.29, 0.717) is 16.7 Å². The molecular weight excluding hydrogens is 330 g/mol. The highest BCUT2D eigenvalue weighted by Gasteiger charge is 2.07. The lowest BCUT2D eigenvalue weighted by Gasteiger charge is -2.20. The molecule has 0 saturated heterocycles. The van der Waals surface area contributed by atoms with E-state index < -0.39 is 5.63 Å². The van der Waals surface area contributed by atoms with Crippen molar-refractivity contribution < 1.29 is 14.6 Å².